The maximum atomic E-state index is 13.4. The van der Waals surface area contributed by atoms with E-state index in [0.717, 1.165) is 25.0 Å². The highest BCUT2D eigenvalue weighted by Gasteiger charge is 2.27. The van der Waals surface area contributed by atoms with E-state index >= 15 is 0 Å². The van der Waals surface area contributed by atoms with Crippen LogP contribution in [0, 0.1) is 11.7 Å². The molecule has 1 aromatic rings. The Bertz CT molecular complexity index is 633. The Kier molecular flexibility index (Phi) is 4.34. The molecule has 1 saturated heterocycles. The summed E-state index contributed by atoms with van der Waals surface area (Å²) in [7, 11) is 0.951. The van der Waals surface area contributed by atoms with Crippen molar-refractivity contribution in [2.75, 3.05) is 13.1 Å². The van der Waals surface area contributed by atoms with Crippen LogP contribution in [0.5, 0.6) is 0 Å². The normalized spacial score (nSPS) is 19.4. The summed E-state index contributed by atoms with van der Waals surface area (Å²) in [5.74, 6) is -0.775. The van der Waals surface area contributed by atoms with Crippen LogP contribution in [0.15, 0.2) is 23.1 Å². The van der Waals surface area contributed by atoms with Gasteiger partial charge in [-0.3, -0.25) is 4.79 Å². The third kappa shape index (κ3) is 3.12. The van der Waals surface area contributed by atoms with Crippen molar-refractivity contribution in [3.63, 3.8) is 0 Å². The molecule has 2 rings (SSSR count). The molecule has 0 N–H and O–H groups in total. The minimum Gasteiger partial charge on any atom is -0.338 e. The van der Waals surface area contributed by atoms with Gasteiger partial charge in [-0.25, -0.2) is 12.8 Å². The molecule has 0 saturated carbocycles. The summed E-state index contributed by atoms with van der Waals surface area (Å²) in [6.45, 7) is 3.35. The summed E-state index contributed by atoms with van der Waals surface area (Å²) < 4.78 is 35.9. The quantitative estimate of drug-likeness (QED) is 0.805. The summed E-state index contributed by atoms with van der Waals surface area (Å²) in [5, 5.41) is 0. The van der Waals surface area contributed by atoms with E-state index in [2.05, 4.69) is 6.92 Å². The van der Waals surface area contributed by atoms with Crippen LogP contribution in [-0.2, 0) is 9.05 Å². The van der Waals surface area contributed by atoms with Crippen molar-refractivity contribution >= 4 is 25.6 Å². The van der Waals surface area contributed by atoms with Crippen molar-refractivity contribution in [2.24, 2.45) is 5.92 Å². The van der Waals surface area contributed by atoms with Crippen LogP contribution in [0.4, 0.5) is 4.39 Å². The zero-order chi connectivity index (χ0) is 14.9. The molecule has 1 fully saturated rings. The van der Waals surface area contributed by atoms with E-state index in [1.165, 1.54) is 6.07 Å². The molecule has 0 spiro atoms. The first-order valence-electron chi connectivity index (χ1n) is 6.36. The molecule has 1 aliphatic heterocycles. The predicted molar refractivity (Wildman–Crippen MR) is 73.7 cm³/mol. The molecule has 1 unspecified atom stereocenters. The van der Waals surface area contributed by atoms with Gasteiger partial charge in [0.1, 0.15) is 10.7 Å². The summed E-state index contributed by atoms with van der Waals surface area (Å²) in [6, 6.07) is 3.23. The molecule has 20 heavy (non-hydrogen) atoms. The number of carbonyl (C=O) groups is 1. The van der Waals surface area contributed by atoms with Crippen LogP contribution >= 0.6 is 10.7 Å². The first kappa shape index (κ1) is 15.3. The maximum Gasteiger partial charge on any atom is 0.264 e. The number of rotatable bonds is 3. The molecule has 1 heterocycles. The Morgan fingerprint density at radius 1 is 1.50 bits per heavy atom. The van der Waals surface area contributed by atoms with Crippen molar-refractivity contribution in [1.82, 2.24) is 4.90 Å². The molecular weight excluding hydrogens is 305 g/mol. The second-order valence-corrected chi connectivity index (χ2v) is 7.43. The van der Waals surface area contributed by atoms with Crippen LogP contribution in [0.25, 0.3) is 0 Å². The highest BCUT2D eigenvalue weighted by atomic mass is 35.7. The molecule has 1 aromatic carbocycles. The molecule has 1 atom stereocenters. The van der Waals surface area contributed by atoms with E-state index < -0.39 is 19.8 Å². The van der Waals surface area contributed by atoms with Crippen LogP contribution in [0.1, 0.15) is 30.1 Å². The smallest absolute Gasteiger partial charge is 0.264 e. The summed E-state index contributed by atoms with van der Waals surface area (Å²) in [5.41, 5.74) is 0.141. The van der Waals surface area contributed by atoms with E-state index in [9.17, 15) is 17.6 Å². The highest BCUT2D eigenvalue weighted by molar-refractivity contribution is 8.13. The van der Waals surface area contributed by atoms with Crippen LogP contribution in [-0.4, -0.2) is 32.3 Å². The van der Waals surface area contributed by atoms with Gasteiger partial charge in [-0.15, -0.1) is 0 Å². The molecular formula is C13H15ClFNO3S. The Morgan fingerprint density at radius 3 is 2.75 bits per heavy atom. The first-order chi connectivity index (χ1) is 9.32. The van der Waals surface area contributed by atoms with Gasteiger partial charge in [-0.05, 0) is 30.5 Å². The second-order valence-electron chi connectivity index (χ2n) is 4.90. The van der Waals surface area contributed by atoms with Crippen LogP contribution < -0.4 is 0 Å². The number of nitrogens with zero attached hydrogens (tertiary/aromatic N) is 1. The average molecular weight is 320 g/mol. The second kappa shape index (κ2) is 5.69. The summed E-state index contributed by atoms with van der Waals surface area (Å²) >= 11 is 0. The van der Waals surface area contributed by atoms with E-state index in [4.69, 9.17) is 10.7 Å². The molecule has 0 aliphatic carbocycles. The minimum absolute atomic E-state index is 0.141. The molecule has 1 aliphatic rings. The van der Waals surface area contributed by atoms with Crippen LogP contribution in [0.2, 0.25) is 0 Å². The van der Waals surface area contributed by atoms with Crippen molar-refractivity contribution in [1.29, 1.82) is 0 Å². The number of halogens is 2. The lowest BCUT2D eigenvalue weighted by atomic mass is 10.1. The fraction of sp³-hybridized carbons (Fsp3) is 0.462. The number of hydrogen-bond donors (Lipinski definition) is 0. The molecule has 7 heteroatoms. The maximum absolute atomic E-state index is 13.4. The van der Waals surface area contributed by atoms with Gasteiger partial charge in [0.15, 0.2) is 0 Å². The SMILES string of the molecule is CCC1CCN(C(=O)c2ccc(F)c(S(=O)(=O)Cl)c2)C1. The van der Waals surface area contributed by atoms with Gasteiger partial charge < -0.3 is 4.90 Å². The number of likely N-dealkylation sites (tertiary alicyclic amines) is 1. The van der Waals surface area contributed by atoms with Gasteiger partial charge in [0.25, 0.3) is 15.0 Å². The Balaban J connectivity index is 2.28. The molecule has 0 bridgehead atoms. The van der Waals surface area contributed by atoms with Crippen LogP contribution in [0.3, 0.4) is 0 Å². The van der Waals surface area contributed by atoms with Gasteiger partial charge >= 0.3 is 0 Å². The van der Waals surface area contributed by atoms with E-state index in [1.807, 2.05) is 0 Å². The van der Waals surface area contributed by atoms with Gasteiger partial charge in [-0.2, -0.15) is 0 Å². The van der Waals surface area contributed by atoms with Crippen molar-refractivity contribution < 1.29 is 17.6 Å². The van der Waals surface area contributed by atoms with Crippen molar-refractivity contribution in [3.05, 3.63) is 29.6 Å². The van der Waals surface area contributed by atoms with Crippen molar-refractivity contribution in [2.45, 2.75) is 24.7 Å². The van der Waals surface area contributed by atoms with E-state index in [1.54, 1.807) is 4.90 Å². The Labute approximate surface area is 121 Å². The molecule has 110 valence electrons. The van der Waals surface area contributed by atoms with Gasteiger partial charge in [0.05, 0.1) is 0 Å². The van der Waals surface area contributed by atoms with E-state index in [-0.39, 0.29) is 11.5 Å². The minimum atomic E-state index is -4.20. The third-order valence-electron chi connectivity index (χ3n) is 3.59. The molecule has 4 nitrogen and oxygen atoms in total. The topological polar surface area (TPSA) is 54.5 Å². The van der Waals surface area contributed by atoms with Gasteiger partial charge in [-0.1, -0.05) is 13.3 Å². The summed E-state index contributed by atoms with van der Waals surface area (Å²) in [6.07, 6.45) is 1.93. The number of amides is 1. The number of carbonyl (C=O) groups excluding carboxylic acids is 1. The van der Waals surface area contributed by atoms with Gasteiger partial charge in [0, 0.05) is 29.3 Å². The largest absolute Gasteiger partial charge is 0.338 e. The fourth-order valence-corrected chi connectivity index (χ4v) is 3.28. The lowest BCUT2D eigenvalue weighted by Gasteiger charge is -2.16. The molecule has 0 aromatic heterocycles. The lowest BCUT2D eigenvalue weighted by Crippen LogP contribution is -2.28. The third-order valence-corrected chi connectivity index (χ3v) is 4.93. The zero-order valence-electron chi connectivity index (χ0n) is 11.0. The Morgan fingerprint density at radius 2 is 2.20 bits per heavy atom. The lowest BCUT2D eigenvalue weighted by molar-refractivity contribution is 0.0786. The standard InChI is InChI=1S/C13H15ClFNO3S/c1-2-9-5-6-16(8-9)13(17)10-3-4-11(15)12(7-10)20(14,18)19/h3-4,7,9H,2,5-6,8H2,1H3. The van der Waals surface area contributed by atoms with Crippen molar-refractivity contribution in [3.8, 4) is 0 Å². The van der Waals surface area contributed by atoms with Gasteiger partial charge in [0.2, 0.25) is 0 Å². The number of benzene rings is 1. The summed E-state index contributed by atoms with van der Waals surface area (Å²) in [4.78, 5) is 13.3. The number of hydrogen-bond acceptors (Lipinski definition) is 3. The highest BCUT2D eigenvalue weighted by Crippen LogP contribution is 2.24. The zero-order valence-corrected chi connectivity index (χ0v) is 12.5. The fourth-order valence-electron chi connectivity index (χ4n) is 2.36. The van der Waals surface area contributed by atoms with E-state index in [0.29, 0.717) is 19.0 Å². The molecule has 1 amide bonds. The average Bonchev–Trinajstić information content (AvgIpc) is 2.86. The first-order valence-corrected chi connectivity index (χ1v) is 8.67. The molecule has 0 radical (unpaired) electrons. The monoisotopic (exact) mass is 319 g/mol. The Hall–Kier alpha value is -1.14. The predicted octanol–water partition coefficient (Wildman–Crippen LogP) is 2.63.